The van der Waals surface area contributed by atoms with Gasteiger partial charge in [0.05, 0.1) is 12.2 Å². The van der Waals surface area contributed by atoms with E-state index in [0.29, 0.717) is 19.0 Å². The smallest absolute Gasteiger partial charge is 0.239 e. The second-order valence-electron chi connectivity index (χ2n) is 3.58. The lowest BCUT2D eigenvalue weighted by Gasteiger charge is -2.27. The minimum absolute atomic E-state index is 0.0162. The molecule has 0 atom stereocenters. The van der Waals surface area contributed by atoms with E-state index in [4.69, 9.17) is 5.73 Å². The number of hydrogen-bond donors (Lipinski definition) is 2. The molecule has 84 valence electrons. The van der Waals surface area contributed by atoms with Crippen LogP contribution in [-0.2, 0) is 4.79 Å². The van der Waals surface area contributed by atoms with Gasteiger partial charge in [0.15, 0.2) is 5.96 Å². The monoisotopic (exact) mass is 218 g/mol. The lowest BCUT2D eigenvalue weighted by atomic mass is 10.3. The highest BCUT2D eigenvalue weighted by molar-refractivity contribution is 5.87. The number of piperazine rings is 1. The number of nitrogens with zero attached hydrogens (tertiary/aromatic N) is 2. The Morgan fingerprint density at radius 3 is 2.81 bits per heavy atom. The van der Waals surface area contributed by atoms with Crippen LogP contribution in [0, 0.1) is 0 Å². The summed E-state index contributed by atoms with van der Waals surface area (Å²) in [7, 11) is 0. The van der Waals surface area contributed by atoms with Crippen LogP contribution in [-0.4, -0.2) is 36.4 Å². The van der Waals surface area contributed by atoms with E-state index in [1.165, 1.54) is 0 Å². The molecular weight excluding hydrogens is 204 g/mol. The van der Waals surface area contributed by atoms with Gasteiger partial charge in [-0.05, 0) is 12.1 Å². The van der Waals surface area contributed by atoms with Crippen molar-refractivity contribution in [2.45, 2.75) is 0 Å². The molecule has 0 radical (unpaired) electrons. The van der Waals surface area contributed by atoms with Gasteiger partial charge in [-0.1, -0.05) is 18.2 Å². The zero-order valence-electron chi connectivity index (χ0n) is 8.89. The molecule has 1 aromatic carbocycles. The van der Waals surface area contributed by atoms with Gasteiger partial charge >= 0.3 is 0 Å². The molecule has 1 aromatic rings. The number of benzene rings is 1. The summed E-state index contributed by atoms with van der Waals surface area (Å²) in [6, 6.07) is 9.46. The Hall–Kier alpha value is -2.04. The third-order valence-corrected chi connectivity index (χ3v) is 2.36. The molecule has 0 saturated carbocycles. The molecule has 5 heteroatoms. The summed E-state index contributed by atoms with van der Waals surface area (Å²) in [5.74, 6) is 0.374. The van der Waals surface area contributed by atoms with Gasteiger partial charge in [0.25, 0.3) is 0 Å². The normalized spacial score (nSPS) is 17.1. The number of carbonyl (C=O) groups excluding carboxylic acids is 1. The van der Waals surface area contributed by atoms with Crippen molar-refractivity contribution in [2.24, 2.45) is 10.7 Å². The number of rotatable bonds is 1. The maximum atomic E-state index is 11.2. The van der Waals surface area contributed by atoms with E-state index in [0.717, 1.165) is 5.69 Å². The molecule has 5 nitrogen and oxygen atoms in total. The summed E-state index contributed by atoms with van der Waals surface area (Å²) in [4.78, 5) is 17.2. The number of hydrogen-bond acceptors (Lipinski definition) is 2. The molecule has 1 fully saturated rings. The molecular formula is C11H14N4O. The lowest BCUT2D eigenvalue weighted by molar-refractivity contribution is -0.122. The molecule has 0 bridgehead atoms. The van der Waals surface area contributed by atoms with Crippen LogP contribution in [0.2, 0.25) is 0 Å². The fourth-order valence-electron chi connectivity index (χ4n) is 1.54. The Morgan fingerprint density at radius 1 is 1.38 bits per heavy atom. The number of aliphatic imine (C=N–C) groups is 1. The van der Waals surface area contributed by atoms with E-state index in [2.05, 4.69) is 10.3 Å². The summed E-state index contributed by atoms with van der Waals surface area (Å²) < 4.78 is 0. The lowest BCUT2D eigenvalue weighted by Crippen LogP contribution is -2.52. The van der Waals surface area contributed by atoms with Gasteiger partial charge in [0.2, 0.25) is 5.91 Å². The SMILES string of the molecule is NC(=Nc1ccccc1)N1CCNC(=O)C1. The largest absolute Gasteiger partial charge is 0.369 e. The molecule has 1 amide bonds. The van der Waals surface area contributed by atoms with Gasteiger partial charge < -0.3 is 16.0 Å². The quantitative estimate of drug-likeness (QED) is 0.517. The molecule has 0 aromatic heterocycles. The average Bonchev–Trinajstić information content (AvgIpc) is 2.30. The highest BCUT2D eigenvalue weighted by Crippen LogP contribution is 2.10. The molecule has 1 aliphatic heterocycles. The number of guanidine groups is 1. The molecule has 0 spiro atoms. The molecule has 0 unspecified atom stereocenters. The second-order valence-corrected chi connectivity index (χ2v) is 3.58. The van der Waals surface area contributed by atoms with Crippen LogP contribution in [0.5, 0.6) is 0 Å². The fraction of sp³-hybridized carbons (Fsp3) is 0.273. The van der Waals surface area contributed by atoms with Crippen LogP contribution in [0.15, 0.2) is 35.3 Å². The molecule has 1 saturated heterocycles. The number of para-hydroxylation sites is 1. The van der Waals surface area contributed by atoms with Gasteiger partial charge in [-0.3, -0.25) is 4.79 Å². The highest BCUT2D eigenvalue weighted by atomic mass is 16.2. The summed E-state index contributed by atoms with van der Waals surface area (Å²) >= 11 is 0. The predicted molar refractivity (Wildman–Crippen MR) is 62.3 cm³/mol. The van der Waals surface area contributed by atoms with E-state index < -0.39 is 0 Å². The number of nitrogens with two attached hydrogens (primary N) is 1. The Morgan fingerprint density at radius 2 is 2.12 bits per heavy atom. The summed E-state index contributed by atoms with van der Waals surface area (Å²) in [6.45, 7) is 1.60. The first-order chi connectivity index (χ1) is 7.75. The van der Waals surface area contributed by atoms with Gasteiger partial charge in [-0.25, -0.2) is 4.99 Å². The van der Waals surface area contributed by atoms with E-state index >= 15 is 0 Å². The van der Waals surface area contributed by atoms with Crippen molar-refractivity contribution in [2.75, 3.05) is 19.6 Å². The van der Waals surface area contributed by atoms with E-state index in [9.17, 15) is 4.79 Å². The van der Waals surface area contributed by atoms with Crippen molar-refractivity contribution in [3.8, 4) is 0 Å². The Balaban J connectivity index is 2.09. The van der Waals surface area contributed by atoms with E-state index in [-0.39, 0.29) is 12.5 Å². The third-order valence-electron chi connectivity index (χ3n) is 2.36. The first-order valence-corrected chi connectivity index (χ1v) is 5.16. The van der Waals surface area contributed by atoms with Gasteiger partial charge in [0, 0.05) is 13.1 Å². The van der Waals surface area contributed by atoms with Crippen molar-refractivity contribution in [3.63, 3.8) is 0 Å². The average molecular weight is 218 g/mol. The second kappa shape index (κ2) is 4.65. The van der Waals surface area contributed by atoms with Crippen molar-refractivity contribution < 1.29 is 4.79 Å². The number of amides is 1. The predicted octanol–water partition coefficient (Wildman–Crippen LogP) is 0.0646. The first kappa shape index (κ1) is 10.5. The molecule has 1 heterocycles. The maximum absolute atomic E-state index is 11.2. The van der Waals surface area contributed by atoms with Crippen molar-refractivity contribution in [1.29, 1.82) is 0 Å². The number of carbonyl (C=O) groups is 1. The van der Waals surface area contributed by atoms with Crippen molar-refractivity contribution >= 4 is 17.6 Å². The van der Waals surface area contributed by atoms with Crippen LogP contribution in [0.25, 0.3) is 0 Å². The molecule has 2 rings (SSSR count). The van der Waals surface area contributed by atoms with Crippen LogP contribution in [0.3, 0.4) is 0 Å². The zero-order valence-corrected chi connectivity index (χ0v) is 8.89. The minimum atomic E-state index is -0.0162. The summed E-state index contributed by atoms with van der Waals surface area (Å²) in [6.07, 6.45) is 0. The van der Waals surface area contributed by atoms with Gasteiger partial charge in [-0.15, -0.1) is 0 Å². The zero-order chi connectivity index (χ0) is 11.4. The van der Waals surface area contributed by atoms with Crippen molar-refractivity contribution in [3.05, 3.63) is 30.3 Å². The van der Waals surface area contributed by atoms with Crippen LogP contribution in [0.4, 0.5) is 5.69 Å². The Bertz CT molecular complexity index is 402. The maximum Gasteiger partial charge on any atom is 0.239 e. The first-order valence-electron chi connectivity index (χ1n) is 5.16. The summed E-state index contributed by atoms with van der Waals surface area (Å²) in [5.41, 5.74) is 6.64. The topological polar surface area (TPSA) is 70.7 Å². The Labute approximate surface area is 94.0 Å². The standard InChI is InChI=1S/C11H14N4O/c12-11(14-9-4-2-1-3-5-9)15-7-6-13-10(16)8-15/h1-5H,6-8H2,(H2,12,14)(H,13,16). The van der Waals surface area contributed by atoms with Crippen LogP contribution in [0.1, 0.15) is 0 Å². The van der Waals surface area contributed by atoms with Crippen molar-refractivity contribution in [1.82, 2.24) is 10.2 Å². The van der Waals surface area contributed by atoms with E-state index in [1.54, 1.807) is 4.90 Å². The fourth-order valence-corrected chi connectivity index (χ4v) is 1.54. The highest BCUT2D eigenvalue weighted by Gasteiger charge is 2.17. The Kier molecular flexibility index (Phi) is 3.05. The minimum Gasteiger partial charge on any atom is -0.369 e. The molecule has 0 aliphatic carbocycles. The third kappa shape index (κ3) is 2.50. The molecule has 1 aliphatic rings. The van der Waals surface area contributed by atoms with Crippen LogP contribution < -0.4 is 11.1 Å². The molecule has 3 N–H and O–H groups in total. The van der Waals surface area contributed by atoms with E-state index in [1.807, 2.05) is 30.3 Å². The van der Waals surface area contributed by atoms with Gasteiger partial charge in [-0.2, -0.15) is 0 Å². The summed E-state index contributed by atoms with van der Waals surface area (Å²) in [5, 5.41) is 2.74. The molecule has 16 heavy (non-hydrogen) atoms. The number of nitrogens with one attached hydrogen (secondary N) is 1. The van der Waals surface area contributed by atoms with Gasteiger partial charge in [0.1, 0.15) is 0 Å². The van der Waals surface area contributed by atoms with Crippen LogP contribution >= 0.6 is 0 Å².